The Morgan fingerprint density at radius 2 is 2.35 bits per heavy atom. The van der Waals surface area contributed by atoms with Crippen LogP contribution in [-0.4, -0.2) is 49.2 Å². The zero-order chi connectivity index (χ0) is 12.1. The number of nitrogens with zero attached hydrogens (tertiary/aromatic N) is 1. The van der Waals surface area contributed by atoms with Gasteiger partial charge < -0.3 is 15.0 Å². The Morgan fingerprint density at radius 1 is 1.47 bits per heavy atom. The number of ether oxygens (including phenoxy) is 1. The molecule has 2 unspecified atom stereocenters. The summed E-state index contributed by atoms with van der Waals surface area (Å²) in [5.41, 5.74) is 0. The Labute approximate surface area is 104 Å². The predicted octanol–water partition coefficient (Wildman–Crippen LogP) is 1.16. The highest BCUT2D eigenvalue weighted by Gasteiger charge is 2.23. The lowest BCUT2D eigenvalue weighted by Crippen LogP contribution is -2.42. The van der Waals surface area contributed by atoms with Crippen LogP contribution in [0.2, 0.25) is 0 Å². The van der Waals surface area contributed by atoms with Crippen LogP contribution >= 0.6 is 0 Å². The third-order valence-electron chi connectivity index (χ3n) is 3.72. The van der Waals surface area contributed by atoms with Gasteiger partial charge in [0.05, 0.1) is 12.1 Å². The molecular formula is C13H24N2O2. The normalized spacial score (nSPS) is 30.6. The molecular weight excluding hydrogens is 216 g/mol. The lowest BCUT2D eigenvalue weighted by atomic mass is 10.1. The maximum atomic E-state index is 12.0. The molecule has 2 fully saturated rings. The topological polar surface area (TPSA) is 41.6 Å². The average Bonchev–Trinajstić information content (AvgIpc) is 2.78. The number of carbonyl (C=O) groups excluding carboxylic acids is 1. The molecule has 17 heavy (non-hydrogen) atoms. The molecule has 98 valence electrons. The molecule has 2 aliphatic rings. The fourth-order valence-corrected chi connectivity index (χ4v) is 2.66. The second-order valence-corrected chi connectivity index (χ2v) is 5.13. The van der Waals surface area contributed by atoms with E-state index in [4.69, 9.17) is 4.74 Å². The van der Waals surface area contributed by atoms with Crippen molar-refractivity contribution in [1.29, 1.82) is 0 Å². The van der Waals surface area contributed by atoms with Crippen molar-refractivity contribution in [2.45, 2.75) is 51.2 Å². The summed E-state index contributed by atoms with van der Waals surface area (Å²) >= 11 is 0. The third kappa shape index (κ3) is 3.68. The highest BCUT2D eigenvalue weighted by molar-refractivity contribution is 5.81. The molecule has 1 N–H and O–H groups in total. The molecule has 2 heterocycles. The molecule has 2 saturated heterocycles. The summed E-state index contributed by atoms with van der Waals surface area (Å²) in [6.45, 7) is 5.64. The van der Waals surface area contributed by atoms with Gasteiger partial charge in [0.25, 0.3) is 0 Å². The molecule has 0 bridgehead atoms. The number of amides is 1. The van der Waals surface area contributed by atoms with Crippen molar-refractivity contribution < 1.29 is 9.53 Å². The van der Waals surface area contributed by atoms with Gasteiger partial charge in [-0.2, -0.15) is 0 Å². The lowest BCUT2D eigenvalue weighted by Gasteiger charge is -2.23. The van der Waals surface area contributed by atoms with E-state index in [1.54, 1.807) is 0 Å². The van der Waals surface area contributed by atoms with Crippen LogP contribution in [0.4, 0.5) is 0 Å². The molecule has 4 heteroatoms. The quantitative estimate of drug-likeness (QED) is 0.801. The third-order valence-corrected chi connectivity index (χ3v) is 3.72. The molecule has 2 atom stereocenters. The number of carbonyl (C=O) groups is 1. The summed E-state index contributed by atoms with van der Waals surface area (Å²) in [5, 5.41) is 3.24. The number of hydrogen-bond acceptors (Lipinski definition) is 3. The maximum absolute atomic E-state index is 12.0. The zero-order valence-corrected chi connectivity index (χ0v) is 10.8. The number of nitrogens with one attached hydrogen (secondary N) is 1. The summed E-state index contributed by atoms with van der Waals surface area (Å²) < 4.78 is 5.60. The highest BCUT2D eigenvalue weighted by Crippen LogP contribution is 2.17. The molecule has 2 aliphatic heterocycles. The minimum atomic E-state index is -0.0137. The highest BCUT2D eigenvalue weighted by atomic mass is 16.5. The lowest BCUT2D eigenvalue weighted by molar-refractivity contribution is -0.132. The van der Waals surface area contributed by atoms with Gasteiger partial charge in [0.1, 0.15) is 0 Å². The smallest absolute Gasteiger partial charge is 0.239 e. The van der Waals surface area contributed by atoms with E-state index in [2.05, 4.69) is 5.32 Å². The van der Waals surface area contributed by atoms with E-state index in [1.807, 2.05) is 11.8 Å². The zero-order valence-electron chi connectivity index (χ0n) is 10.8. The van der Waals surface area contributed by atoms with E-state index in [1.165, 1.54) is 12.8 Å². The van der Waals surface area contributed by atoms with Crippen molar-refractivity contribution in [2.75, 3.05) is 26.2 Å². The molecule has 0 aromatic carbocycles. The Morgan fingerprint density at radius 3 is 3.12 bits per heavy atom. The van der Waals surface area contributed by atoms with Crippen molar-refractivity contribution >= 4 is 5.91 Å². The second-order valence-electron chi connectivity index (χ2n) is 5.13. The first-order valence-electron chi connectivity index (χ1n) is 6.91. The SMILES string of the molecule is CC1NCCCN(CCCC2CCCO2)C1=O. The maximum Gasteiger partial charge on any atom is 0.239 e. The molecule has 0 aromatic rings. The van der Waals surface area contributed by atoms with Crippen LogP contribution in [0.15, 0.2) is 0 Å². The summed E-state index contributed by atoms with van der Waals surface area (Å²) in [4.78, 5) is 14.0. The van der Waals surface area contributed by atoms with Crippen LogP contribution in [0.25, 0.3) is 0 Å². The van der Waals surface area contributed by atoms with Crippen molar-refractivity contribution in [2.24, 2.45) is 0 Å². The van der Waals surface area contributed by atoms with E-state index in [-0.39, 0.29) is 11.9 Å². The predicted molar refractivity (Wildman–Crippen MR) is 66.9 cm³/mol. The van der Waals surface area contributed by atoms with Crippen molar-refractivity contribution in [3.8, 4) is 0 Å². The Bertz CT molecular complexity index is 252. The van der Waals surface area contributed by atoms with Crippen LogP contribution in [0.1, 0.15) is 39.0 Å². The standard InChI is InChI=1S/C13H24N2O2/c1-11-13(16)15(9-4-7-14-11)8-2-5-12-6-3-10-17-12/h11-12,14H,2-10H2,1H3. The molecule has 0 aromatic heterocycles. The van der Waals surface area contributed by atoms with Crippen molar-refractivity contribution in [3.63, 3.8) is 0 Å². The minimum absolute atomic E-state index is 0.0137. The molecule has 0 saturated carbocycles. The first-order chi connectivity index (χ1) is 8.27. The first-order valence-corrected chi connectivity index (χ1v) is 6.91. The van der Waals surface area contributed by atoms with Crippen LogP contribution in [0.5, 0.6) is 0 Å². The van der Waals surface area contributed by atoms with Gasteiger partial charge in [-0.1, -0.05) is 0 Å². The van der Waals surface area contributed by atoms with Gasteiger partial charge in [-0.05, 0) is 45.6 Å². The van der Waals surface area contributed by atoms with Gasteiger partial charge in [0.15, 0.2) is 0 Å². The van der Waals surface area contributed by atoms with Gasteiger partial charge in [0.2, 0.25) is 5.91 Å². The molecule has 2 rings (SSSR count). The monoisotopic (exact) mass is 240 g/mol. The van der Waals surface area contributed by atoms with E-state index < -0.39 is 0 Å². The fourth-order valence-electron chi connectivity index (χ4n) is 2.66. The average molecular weight is 240 g/mol. The van der Waals surface area contributed by atoms with Crippen LogP contribution in [-0.2, 0) is 9.53 Å². The number of rotatable bonds is 4. The Balaban J connectivity index is 1.70. The van der Waals surface area contributed by atoms with Gasteiger partial charge in [0, 0.05) is 19.7 Å². The van der Waals surface area contributed by atoms with Gasteiger partial charge in [-0.3, -0.25) is 4.79 Å². The largest absolute Gasteiger partial charge is 0.378 e. The molecule has 0 spiro atoms. The summed E-state index contributed by atoms with van der Waals surface area (Å²) in [6, 6.07) is -0.0137. The second kappa shape index (κ2) is 6.36. The van der Waals surface area contributed by atoms with Crippen LogP contribution in [0.3, 0.4) is 0 Å². The fraction of sp³-hybridized carbons (Fsp3) is 0.923. The first kappa shape index (κ1) is 12.8. The van der Waals surface area contributed by atoms with Gasteiger partial charge in [-0.15, -0.1) is 0 Å². The molecule has 4 nitrogen and oxygen atoms in total. The van der Waals surface area contributed by atoms with E-state index in [9.17, 15) is 4.79 Å². The summed E-state index contributed by atoms with van der Waals surface area (Å²) in [6.07, 6.45) is 6.10. The van der Waals surface area contributed by atoms with Crippen molar-refractivity contribution in [1.82, 2.24) is 10.2 Å². The minimum Gasteiger partial charge on any atom is -0.378 e. The van der Waals surface area contributed by atoms with Crippen LogP contribution in [0, 0.1) is 0 Å². The summed E-state index contributed by atoms with van der Waals surface area (Å²) in [5.74, 6) is 0.259. The molecule has 0 aliphatic carbocycles. The van der Waals surface area contributed by atoms with E-state index in [0.717, 1.165) is 45.5 Å². The number of hydrogen-bond donors (Lipinski definition) is 1. The van der Waals surface area contributed by atoms with E-state index in [0.29, 0.717) is 6.10 Å². The van der Waals surface area contributed by atoms with Gasteiger partial charge >= 0.3 is 0 Å². The van der Waals surface area contributed by atoms with Gasteiger partial charge in [-0.25, -0.2) is 0 Å². The Kier molecular flexibility index (Phi) is 4.80. The van der Waals surface area contributed by atoms with Crippen LogP contribution < -0.4 is 5.32 Å². The molecule has 1 amide bonds. The molecule has 0 radical (unpaired) electrons. The Hall–Kier alpha value is -0.610. The van der Waals surface area contributed by atoms with E-state index >= 15 is 0 Å². The van der Waals surface area contributed by atoms with Crippen molar-refractivity contribution in [3.05, 3.63) is 0 Å². The summed E-state index contributed by atoms with van der Waals surface area (Å²) in [7, 11) is 0.